The number of ketones is 1. The van der Waals surface area contributed by atoms with Crippen molar-refractivity contribution in [2.75, 3.05) is 19.1 Å². The predicted octanol–water partition coefficient (Wildman–Crippen LogP) is 4.02. The van der Waals surface area contributed by atoms with E-state index in [2.05, 4.69) is 9.97 Å². The zero-order valence-corrected chi connectivity index (χ0v) is 18.8. The number of anilines is 1. The van der Waals surface area contributed by atoms with Gasteiger partial charge < -0.3 is 14.6 Å². The normalized spacial score (nSPS) is 16.2. The van der Waals surface area contributed by atoms with Gasteiger partial charge in [0.25, 0.3) is 5.91 Å². The standard InChI is InChI=1S/C21H19N3O5S2/c1-10-19(31-11(2)23-10)17(25)15-16(13-9-12(28-3)5-6-14(13)29-4)24(20(27)18(15)26)21-22-7-8-30-21/h5-9,16,26H,1-4H3. The van der Waals surface area contributed by atoms with Gasteiger partial charge >= 0.3 is 0 Å². The molecule has 1 aliphatic heterocycles. The van der Waals surface area contributed by atoms with Gasteiger partial charge in [-0.3, -0.25) is 14.5 Å². The molecule has 10 heteroatoms. The highest BCUT2D eigenvalue weighted by Crippen LogP contribution is 2.46. The topological polar surface area (TPSA) is 102 Å². The van der Waals surface area contributed by atoms with Gasteiger partial charge in [0.15, 0.2) is 10.9 Å². The van der Waals surface area contributed by atoms with Crippen LogP contribution in [0.3, 0.4) is 0 Å². The number of hydrogen-bond donors (Lipinski definition) is 1. The molecule has 160 valence electrons. The van der Waals surface area contributed by atoms with Gasteiger partial charge in [-0.15, -0.1) is 22.7 Å². The van der Waals surface area contributed by atoms with Gasteiger partial charge in [-0.2, -0.15) is 0 Å². The molecular weight excluding hydrogens is 438 g/mol. The number of amides is 1. The molecule has 0 radical (unpaired) electrons. The van der Waals surface area contributed by atoms with E-state index in [1.165, 1.54) is 41.8 Å². The molecule has 4 rings (SSSR count). The Morgan fingerprint density at radius 1 is 1.23 bits per heavy atom. The Labute approximate surface area is 186 Å². The lowest BCUT2D eigenvalue weighted by molar-refractivity contribution is -0.117. The number of carbonyl (C=O) groups is 2. The predicted molar refractivity (Wildman–Crippen MR) is 117 cm³/mol. The quantitative estimate of drug-likeness (QED) is 0.558. The molecule has 8 nitrogen and oxygen atoms in total. The molecule has 0 fully saturated rings. The summed E-state index contributed by atoms with van der Waals surface area (Å²) in [6.45, 7) is 3.53. The first-order valence-electron chi connectivity index (χ1n) is 9.24. The van der Waals surface area contributed by atoms with Crippen molar-refractivity contribution < 1.29 is 24.2 Å². The highest BCUT2D eigenvalue weighted by atomic mass is 32.1. The summed E-state index contributed by atoms with van der Waals surface area (Å²) in [7, 11) is 3.02. The number of carbonyl (C=O) groups excluding carboxylic acids is 2. The van der Waals surface area contributed by atoms with Gasteiger partial charge in [0.05, 0.1) is 35.4 Å². The van der Waals surface area contributed by atoms with Gasteiger partial charge in [0.2, 0.25) is 5.78 Å². The van der Waals surface area contributed by atoms with Crippen molar-refractivity contribution in [2.24, 2.45) is 0 Å². The maximum atomic E-state index is 13.6. The largest absolute Gasteiger partial charge is 0.503 e. The first kappa shape index (κ1) is 21.0. The average Bonchev–Trinajstić information content (AvgIpc) is 3.46. The smallest absolute Gasteiger partial charge is 0.296 e. The van der Waals surface area contributed by atoms with Gasteiger partial charge in [0.1, 0.15) is 17.5 Å². The zero-order valence-electron chi connectivity index (χ0n) is 17.2. The van der Waals surface area contributed by atoms with Crippen LogP contribution in [0.5, 0.6) is 11.5 Å². The Bertz CT molecular complexity index is 1200. The lowest BCUT2D eigenvalue weighted by Crippen LogP contribution is -2.31. The van der Waals surface area contributed by atoms with Crippen LogP contribution in [0.15, 0.2) is 41.1 Å². The molecule has 1 atom stereocenters. The van der Waals surface area contributed by atoms with Gasteiger partial charge in [0, 0.05) is 17.1 Å². The van der Waals surface area contributed by atoms with Gasteiger partial charge in [-0.1, -0.05) is 0 Å². The van der Waals surface area contributed by atoms with E-state index in [-0.39, 0.29) is 5.57 Å². The fourth-order valence-corrected chi connectivity index (χ4v) is 5.12. The highest BCUT2D eigenvalue weighted by Gasteiger charge is 2.47. The van der Waals surface area contributed by atoms with Crippen molar-refractivity contribution >= 4 is 39.5 Å². The maximum absolute atomic E-state index is 13.6. The second-order valence-electron chi connectivity index (χ2n) is 6.74. The van der Waals surface area contributed by atoms with Gasteiger partial charge in [-0.25, -0.2) is 9.97 Å². The second-order valence-corrected chi connectivity index (χ2v) is 8.82. The molecule has 1 amide bonds. The highest BCUT2D eigenvalue weighted by molar-refractivity contribution is 7.14. The number of methoxy groups -OCH3 is 2. The summed E-state index contributed by atoms with van der Waals surface area (Å²) in [5.74, 6) is -0.807. The van der Waals surface area contributed by atoms with Crippen molar-refractivity contribution in [3.05, 3.63) is 62.3 Å². The first-order chi connectivity index (χ1) is 14.9. The number of nitrogens with zero attached hydrogens (tertiary/aromatic N) is 3. The molecule has 1 N–H and O–H groups in total. The van der Waals surface area contributed by atoms with E-state index < -0.39 is 23.5 Å². The molecule has 3 heterocycles. The molecule has 0 saturated heterocycles. The van der Waals surface area contributed by atoms with Crippen LogP contribution in [-0.4, -0.2) is 41.0 Å². The third kappa shape index (κ3) is 3.47. The minimum absolute atomic E-state index is 0.0431. The molecule has 0 spiro atoms. The Morgan fingerprint density at radius 2 is 2.00 bits per heavy atom. The molecule has 3 aromatic rings. The molecule has 0 aliphatic carbocycles. The van der Waals surface area contributed by atoms with Crippen LogP contribution < -0.4 is 14.4 Å². The van der Waals surface area contributed by atoms with Crippen LogP contribution in [-0.2, 0) is 4.79 Å². The summed E-state index contributed by atoms with van der Waals surface area (Å²) in [5.41, 5.74) is 1.000. The SMILES string of the molecule is COc1ccc(OC)c(C2C(C(=O)c3sc(C)nc3C)=C(O)C(=O)N2c2nccs2)c1. The number of benzene rings is 1. The second kappa shape index (κ2) is 8.12. The molecule has 1 aromatic carbocycles. The van der Waals surface area contributed by atoms with Crippen LogP contribution in [0.25, 0.3) is 0 Å². The number of aromatic nitrogens is 2. The number of rotatable bonds is 6. The van der Waals surface area contributed by atoms with E-state index in [1.54, 1.807) is 43.6 Å². The Kier molecular flexibility index (Phi) is 5.50. The summed E-state index contributed by atoms with van der Waals surface area (Å²) in [6, 6.07) is 4.15. The Morgan fingerprint density at radius 3 is 2.58 bits per heavy atom. The van der Waals surface area contributed by atoms with E-state index >= 15 is 0 Å². The lowest BCUT2D eigenvalue weighted by atomic mass is 9.94. The van der Waals surface area contributed by atoms with Crippen molar-refractivity contribution in [3.63, 3.8) is 0 Å². The van der Waals surface area contributed by atoms with Crippen LogP contribution in [0.2, 0.25) is 0 Å². The average molecular weight is 458 g/mol. The number of aryl methyl sites for hydroxylation is 2. The van der Waals surface area contributed by atoms with E-state index in [0.717, 1.165) is 5.01 Å². The minimum Gasteiger partial charge on any atom is -0.503 e. The van der Waals surface area contributed by atoms with Crippen LogP contribution in [0.4, 0.5) is 5.13 Å². The zero-order chi connectivity index (χ0) is 22.3. The summed E-state index contributed by atoms with van der Waals surface area (Å²) >= 11 is 2.45. The molecule has 2 aromatic heterocycles. The molecular formula is C21H19N3O5S2. The number of Topliss-reactive ketones (excluding diaryl/α,β-unsaturated/α-hetero) is 1. The third-order valence-corrected chi connectivity index (χ3v) is 6.76. The summed E-state index contributed by atoms with van der Waals surface area (Å²) < 4.78 is 10.9. The number of hydrogen-bond acceptors (Lipinski definition) is 9. The monoisotopic (exact) mass is 457 g/mol. The van der Waals surface area contributed by atoms with Crippen molar-refractivity contribution in [1.29, 1.82) is 0 Å². The Hall–Kier alpha value is -3.24. The van der Waals surface area contributed by atoms with Crippen molar-refractivity contribution in [2.45, 2.75) is 19.9 Å². The maximum Gasteiger partial charge on any atom is 0.296 e. The fourth-order valence-electron chi connectivity index (χ4n) is 3.58. The molecule has 1 unspecified atom stereocenters. The van der Waals surface area contributed by atoms with Crippen LogP contribution >= 0.6 is 22.7 Å². The first-order valence-corrected chi connectivity index (χ1v) is 10.9. The van der Waals surface area contributed by atoms with Crippen LogP contribution in [0, 0.1) is 13.8 Å². The van der Waals surface area contributed by atoms with E-state index in [9.17, 15) is 14.7 Å². The lowest BCUT2D eigenvalue weighted by Gasteiger charge is -2.26. The number of aliphatic hydroxyl groups excluding tert-OH is 1. The molecule has 0 bridgehead atoms. The fraction of sp³-hybridized carbons (Fsp3) is 0.238. The van der Waals surface area contributed by atoms with Crippen LogP contribution in [0.1, 0.15) is 32.0 Å². The summed E-state index contributed by atoms with van der Waals surface area (Å²) in [6.07, 6.45) is 1.56. The van der Waals surface area contributed by atoms with E-state index in [4.69, 9.17) is 9.47 Å². The van der Waals surface area contributed by atoms with Gasteiger partial charge in [-0.05, 0) is 32.0 Å². The summed E-state index contributed by atoms with van der Waals surface area (Å²) in [5, 5.41) is 13.6. The van der Waals surface area contributed by atoms with E-state index in [1.807, 2.05) is 0 Å². The molecule has 31 heavy (non-hydrogen) atoms. The Balaban J connectivity index is 1.95. The van der Waals surface area contributed by atoms with Crippen molar-refractivity contribution in [3.8, 4) is 11.5 Å². The molecule has 1 aliphatic rings. The summed E-state index contributed by atoms with van der Waals surface area (Å²) in [4.78, 5) is 36.9. The van der Waals surface area contributed by atoms with Crippen molar-refractivity contribution in [1.82, 2.24) is 9.97 Å². The number of thiazole rings is 2. The number of aliphatic hydroxyl groups is 1. The van der Waals surface area contributed by atoms with E-state index in [0.29, 0.717) is 32.8 Å². The minimum atomic E-state index is -0.946. The number of ether oxygens (including phenoxy) is 2. The molecule has 0 saturated carbocycles. The third-order valence-electron chi connectivity index (χ3n) is 4.92.